The molecule has 1 N–H and O–H groups in total. The monoisotopic (exact) mass is 546 g/mol. The lowest BCUT2D eigenvalue weighted by Gasteiger charge is -2.27. The summed E-state index contributed by atoms with van der Waals surface area (Å²) in [5, 5.41) is 11.4. The van der Waals surface area contributed by atoms with Gasteiger partial charge in [-0.2, -0.15) is 0 Å². The molecule has 0 radical (unpaired) electrons. The van der Waals surface area contributed by atoms with Gasteiger partial charge in [0.15, 0.2) is 0 Å². The molecule has 0 bridgehead atoms. The van der Waals surface area contributed by atoms with Gasteiger partial charge in [-0.3, -0.25) is 14.5 Å². The van der Waals surface area contributed by atoms with Gasteiger partial charge in [-0.15, -0.1) is 0 Å². The largest absolute Gasteiger partial charge is 0.507 e. The number of Topliss-reactive ketones (excluding diaryl/α,β-unsaturated/α-hetero) is 1. The topological polar surface area (TPSA) is 60.9 Å². The molecule has 1 amide bonds. The number of ketones is 1. The zero-order valence-corrected chi connectivity index (χ0v) is 22.7. The van der Waals surface area contributed by atoms with Crippen molar-refractivity contribution in [1.29, 1.82) is 0 Å². The zero-order chi connectivity index (χ0) is 26.0. The summed E-state index contributed by atoms with van der Waals surface area (Å²) >= 11 is 3.48. The number of carbonyl (C=O) groups excluding carboxylic acids is 2. The molecule has 36 heavy (non-hydrogen) atoms. The lowest BCUT2D eigenvalue weighted by molar-refractivity contribution is -0.132. The molecule has 1 aliphatic rings. The number of benzene rings is 3. The third-order valence-corrected chi connectivity index (χ3v) is 7.73. The molecular formula is C30H31BrN2O3. The number of carbonyl (C=O) groups is 2. The lowest BCUT2D eigenvalue weighted by Crippen LogP contribution is -2.29. The minimum absolute atomic E-state index is 0.0943. The summed E-state index contributed by atoms with van der Waals surface area (Å²) in [6.07, 6.45) is 0.873. The van der Waals surface area contributed by atoms with Crippen LogP contribution in [0.5, 0.6) is 0 Å². The average molecular weight is 547 g/mol. The first-order valence-corrected chi connectivity index (χ1v) is 13.1. The van der Waals surface area contributed by atoms with Crippen molar-refractivity contribution in [3.63, 3.8) is 0 Å². The molecule has 3 aromatic rings. The molecule has 0 saturated carbocycles. The standard InChI is InChI=1S/C30H31BrN2O3/c1-5-20-8-13-24(14-9-20)33-27(21-10-15-23(16-11-21)32(6-2)7-3)26(29(35)30(33)36)28(34)22-12-17-25(31)19(4)18-22/h8-18,27,34H,5-7H2,1-4H3/b28-26-. The number of nitrogens with zero attached hydrogens (tertiary/aromatic N) is 2. The lowest BCUT2D eigenvalue weighted by atomic mass is 9.94. The second-order valence-corrected chi connectivity index (χ2v) is 9.77. The number of aliphatic hydroxyl groups excluding tert-OH is 1. The van der Waals surface area contributed by atoms with Crippen molar-refractivity contribution in [2.24, 2.45) is 0 Å². The molecule has 6 heteroatoms. The molecule has 1 unspecified atom stereocenters. The molecule has 186 valence electrons. The van der Waals surface area contributed by atoms with Crippen molar-refractivity contribution in [3.05, 3.63) is 99.0 Å². The fourth-order valence-electron chi connectivity index (χ4n) is 4.71. The maximum atomic E-state index is 13.4. The summed E-state index contributed by atoms with van der Waals surface area (Å²) in [4.78, 5) is 30.5. The van der Waals surface area contributed by atoms with Crippen LogP contribution in [0.4, 0.5) is 11.4 Å². The third kappa shape index (κ3) is 4.70. The molecule has 1 aliphatic heterocycles. The number of halogens is 1. The molecular weight excluding hydrogens is 516 g/mol. The summed E-state index contributed by atoms with van der Waals surface area (Å²) in [6.45, 7) is 9.94. The van der Waals surface area contributed by atoms with Crippen molar-refractivity contribution in [1.82, 2.24) is 0 Å². The number of hydrogen-bond donors (Lipinski definition) is 1. The Hall–Kier alpha value is -3.38. The number of anilines is 2. The molecule has 0 aromatic heterocycles. The van der Waals surface area contributed by atoms with Crippen molar-refractivity contribution < 1.29 is 14.7 Å². The van der Waals surface area contributed by atoms with Gasteiger partial charge in [0, 0.05) is 34.5 Å². The molecule has 1 atom stereocenters. The van der Waals surface area contributed by atoms with Crippen LogP contribution in [-0.4, -0.2) is 29.9 Å². The first-order chi connectivity index (χ1) is 17.3. The molecule has 1 heterocycles. The summed E-state index contributed by atoms with van der Waals surface area (Å²) in [7, 11) is 0. The van der Waals surface area contributed by atoms with Crippen molar-refractivity contribution >= 4 is 44.8 Å². The Kier molecular flexibility index (Phi) is 7.65. The summed E-state index contributed by atoms with van der Waals surface area (Å²) < 4.78 is 0.902. The van der Waals surface area contributed by atoms with Crippen LogP contribution in [-0.2, 0) is 16.0 Å². The molecule has 0 aliphatic carbocycles. The molecule has 5 nitrogen and oxygen atoms in total. The number of aryl methyl sites for hydroxylation is 2. The Labute approximate surface area is 221 Å². The SMILES string of the molecule is CCc1ccc(N2C(=O)C(=O)/C(=C(\O)c3ccc(Br)c(C)c3)C2c2ccc(N(CC)CC)cc2)cc1. The van der Waals surface area contributed by atoms with Crippen LogP contribution in [0.25, 0.3) is 5.76 Å². The van der Waals surface area contributed by atoms with E-state index in [1.165, 1.54) is 4.90 Å². The predicted molar refractivity (Wildman–Crippen MR) is 149 cm³/mol. The van der Waals surface area contributed by atoms with Crippen LogP contribution < -0.4 is 9.80 Å². The van der Waals surface area contributed by atoms with E-state index in [9.17, 15) is 14.7 Å². The maximum Gasteiger partial charge on any atom is 0.300 e. The fraction of sp³-hybridized carbons (Fsp3) is 0.267. The summed E-state index contributed by atoms with van der Waals surface area (Å²) in [5.74, 6) is -1.51. The highest BCUT2D eigenvalue weighted by Gasteiger charge is 2.47. The van der Waals surface area contributed by atoms with Crippen molar-refractivity contribution in [2.45, 2.75) is 40.2 Å². The van der Waals surface area contributed by atoms with E-state index in [2.05, 4.69) is 41.6 Å². The molecule has 1 saturated heterocycles. The van der Waals surface area contributed by atoms with Gasteiger partial charge in [-0.1, -0.05) is 53.2 Å². The fourth-order valence-corrected chi connectivity index (χ4v) is 4.96. The number of aliphatic hydroxyl groups is 1. The Morgan fingerprint density at radius 1 is 0.944 bits per heavy atom. The number of hydrogen-bond acceptors (Lipinski definition) is 4. The normalized spacial score (nSPS) is 17.0. The van der Waals surface area contributed by atoms with E-state index in [-0.39, 0.29) is 11.3 Å². The van der Waals surface area contributed by atoms with Crippen LogP contribution in [0.15, 0.2) is 76.8 Å². The van der Waals surface area contributed by atoms with Gasteiger partial charge < -0.3 is 10.0 Å². The van der Waals surface area contributed by atoms with E-state index in [4.69, 9.17) is 0 Å². The quantitative estimate of drug-likeness (QED) is 0.201. The van der Waals surface area contributed by atoms with Crippen LogP contribution in [0.3, 0.4) is 0 Å². The number of rotatable bonds is 7. The average Bonchev–Trinajstić information content (AvgIpc) is 3.16. The maximum absolute atomic E-state index is 13.4. The molecule has 1 fully saturated rings. The van der Waals surface area contributed by atoms with Gasteiger partial charge >= 0.3 is 0 Å². The van der Waals surface area contributed by atoms with E-state index in [0.29, 0.717) is 11.3 Å². The molecule has 3 aromatic carbocycles. The van der Waals surface area contributed by atoms with E-state index >= 15 is 0 Å². The molecule has 4 rings (SSSR count). The van der Waals surface area contributed by atoms with Crippen LogP contribution in [0.1, 0.15) is 49.1 Å². The molecule has 0 spiro atoms. The predicted octanol–water partition coefficient (Wildman–Crippen LogP) is 6.79. The minimum Gasteiger partial charge on any atom is -0.507 e. The van der Waals surface area contributed by atoms with Crippen LogP contribution >= 0.6 is 15.9 Å². The second kappa shape index (κ2) is 10.7. The first kappa shape index (κ1) is 25.7. The van der Waals surface area contributed by atoms with E-state index in [0.717, 1.165) is 46.4 Å². The minimum atomic E-state index is -0.743. The Morgan fingerprint density at radius 2 is 1.58 bits per heavy atom. The Bertz CT molecular complexity index is 1310. The summed E-state index contributed by atoms with van der Waals surface area (Å²) in [6, 6.07) is 20.2. The van der Waals surface area contributed by atoms with Crippen LogP contribution in [0, 0.1) is 6.92 Å². The second-order valence-electron chi connectivity index (χ2n) is 8.92. The van der Waals surface area contributed by atoms with Gasteiger partial charge in [0.05, 0.1) is 11.6 Å². The highest BCUT2D eigenvalue weighted by molar-refractivity contribution is 9.10. The van der Waals surface area contributed by atoms with Crippen molar-refractivity contribution in [2.75, 3.05) is 22.9 Å². The van der Waals surface area contributed by atoms with E-state index in [1.807, 2.05) is 67.6 Å². The Morgan fingerprint density at radius 3 is 2.14 bits per heavy atom. The van der Waals surface area contributed by atoms with Gasteiger partial charge in [0.2, 0.25) is 0 Å². The van der Waals surface area contributed by atoms with Crippen LogP contribution in [0.2, 0.25) is 0 Å². The van der Waals surface area contributed by atoms with Gasteiger partial charge in [0.1, 0.15) is 5.76 Å². The van der Waals surface area contributed by atoms with Gasteiger partial charge in [-0.05, 0) is 80.3 Å². The van der Waals surface area contributed by atoms with E-state index < -0.39 is 17.7 Å². The highest BCUT2D eigenvalue weighted by Crippen LogP contribution is 2.42. The highest BCUT2D eigenvalue weighted by atomic mass is 79.9. The van der Waals surface area contributed by atoms with Gasteiger partial charge in [0.25, 0.3) is 11.7 Å². The smallest absolute Gasteiger partial charge is 0.300 e. The van der Waals surface area contributed by atoms with Crippen molar-refractivity contribution in [3.8, 4) is 0 Å². The third-order valence-electron chi connectivity index (χ3n) is 6.84. The zero-order valence-electron chi connectivity index (χ0n) is 21.1. The van der Waals surface area contributed by atoms with Gasteiger partial charge in [-0.25, -0.2) is 0 Å². The number of amides is 1. The first-order valence-electron chi connectivity index (χ1n) is 12.3. The Balaban J connectivity index is 1.89. The summed E-state index contributed by atoms with van der Waals surface area (Å²) in [5.41, 5.74) is 5.11. The van der Waals surface area contributed by atoms with E-state index in [1.54, 1.807) is 6.07 Å².